The zero-order chi connectivity index (χ0) is 33.4. The van der Waals surface area contributed by atoms with E-state index in [0.717, 1.165) is 42.3 Å². The number of hydrogen-bond donors (Lipinski definition) is 3. The molecule has 7 rings (SSSR count). The van der Waals surface area contributed by atoms with Gasteiger partial charge in [-0.15, -0.1) is 0 Å². The fraction of sp³-hybridized carbons (Fsp3) is 0.324. The smallest absolute Gasteiger partial charge is 0.256 e. The van der Waals surface area contributed by atoms with E-state index in [1.54, 1.807) is 18.3 Å². The lowest BCUT2D eigenvalue weighted by Gasteiger charge is -2.29. The summed E-state index contributed by atoms with van der Waals surface area (Å²) in [5, 5.41) is 6.19. The number of nitrogens with one attached hydrogen (secondary N) is 3. The van der Waals surface area contributed by atoms with E-state index in [0.29, 0.717) is 35.0 Å². The fourth-order valence-corrected chi connectivity index (χ4v) is 6.89. The third kappa shape index (κ3) is 6.31. The van der Waals surface area contributed by atoms with Crippen molar-refractivity contribution in [3.63, 3.8) is 0 Å². The summed E-state index contributed by atoms with van der Waals surface area (Å²) in [6, 6.07) is 13.5. The largest absolute Gasteiger partial charge is 0.357 e. The number of hydrogen-bond acceptors (Lipinski definition) is 6. The molecule has 0 spiro atoms. The van der Waals surface area contributed by atoms with Gasteiger partial charge in [-0.05, 0) is 81.6 Å². The Labute approximate surface area is 277 Å². The van der Waals surface area contributed by atoms with E-state index >= 15 is 0 Å². The number of aromatic amines is 1. The number of halogens is 1. The van der Waals surface area contributed by atoms with Gasteiger partial charge in [-0.25, -0.2) is 9.37 Å². The monoisotopic (exact) mass is 646 g/mol. The summed E-state index contributed by atoms with van der Waals surface area (Å²) in [7, 11) is 2.14. The molecule has 3 N–H and O–H groups in total. The highest BCUT2D eigenvalue weighted by molar-refractivity contribution is 6.06. The SMILES string of the molecule is CN1CCC[C@@H]1c1cc2cnc(NC(=O)c3ccc(CCCC#Cc4cc(F)cc5c4CN(C4CCC(=O)NC4=O)C5=O)cc3)cc2[nH]1. The van der Waals surface area contributed by atoms with E-state index < -0.39 is 23.7 Å². The second-order valence-electron chi connectivity index (χ2n) is 12.7. The standard InChI is InChI=1S/C37H35FN6O4/c1-43-15-5-8-31(43)30-17-25-20-39-33(19-29(25)40-30)41-35(46)23-11-9-22(10-12-23)6-3-2-4-7-24-16-26(38)18-27-28(24)21-44(37(27)48)32-13-14-34(45)42-36(32)47/h9-12,16-20,31-32,40H,2-3,5-6,8,13-15,21H2,1H3,(H,39,41,46)(H,42,45,47)/t31-,32?/m1/s1. The Bertz CT molecular complexity index is 2010. The highest BCUT2D eigenvalue weighted by Crippen LogP contribution is 2.33. The first kappa shape index (κ1) is 31.3. The highest BCUT2D eigenvalue weighted by atomic mass is 19.1. The summed E-state index contributed by atoms with van der Waals surface area (Å²) in [4.78, 5) is 61.6. The molecule has 0 aliphatic carbocycles. The van der Waals surface area contributed by atoms with Crippen molar-refractivity contribution in [3.05, 3.63) is 94.1 Å². The van der Waals surface area contributed by atoms with Gasteiger partial charge in [0.1, 0.15) is 17.7 Å². The number of pyridine rings is 1. The number of fused-ring (bicyclic) bond motifs is 2. The molecule has 2 aromatic heterocycles. The quantitative estimate of drug-likeness (QED) is 0.150. The summed E-state index contributed by atoms with van der Waals surface area (Å²) in [6.45, 7) is 1.23. The van der Waals surface area contributed by atoms with Crippen LogP contribution in [0.15, 0.2) is 54.7 Å². The molecule has 1 unspecified atom stereocenters. The lowest BCUT2D eigenvalue weighted by Crippen LogP contribution is -2.52. The Morgan fingerprint density at radius 1 is 1.08 bits per heavy atom. The molecule has 0 saturated carbocycles. The van der Waals surface area contributed by atoms with Crippen molar-refractivity contribution in [3.8, 4) is 11.8 Å². The van der Waals surface area contributed by atoms with Crippen LogP contribution in [0.25, 0.3) is 10.9 Å². The Hall–Kier alpha value is -5.34. The number of carbonyl (C=O) groups is 4. The Morgan fingerprint density at radius 3 is 2.69 bits per heavy atom. The number of anilines is 1. The van der Waals surface area contributed by atoms with E-state index in [-0.39, 0.29) is 36.8 Å². The van der Waals surface area contributed by atoms with Gasteiger partial charge in [0, 0.05) is 71.0 Å². The second kappa shape index (κ2) is 13.0. The molecule has 2 fully saturated rings. The molecule has 2 atom stereocenters. The van der Waals surface area contributed by atoms with Crippen molar-refractivity contribution in [1.29, 1.82) is 0 Å². The number of H-pyrrole nitrogens is 1. The maximum absolute atomic E-state index is 14.4. The van der Waals surface area contributed by atoms with Gasteiger partial charge in [-0.1, -0.05) is 24.0 Å². The van der Waals surface area contributed by atoms with Crippen LogP contribution >= 0.6 is 0 Å². The third-order valence-electron chi connectivity index (χ3n) is 9.47. The minimum absolute atomic E-state index is 0.139. The predicted molar refractivity (Wildman–Crippen MR) is 177 cm³/mol. The van der Waals surface area contributed by atoms with Crippen LogP contribution in [0.5, 0.6) is 0 Å². The zero-order valence-electron chi connectivity index (χ0n) is 26.6. The number of aryl methyl sites for hydroxylation is 1. The highest BCUT2D eigenvalue weighted by Gasteiger charge is 2.40. The van der Waals surface area contributed by atoms with Crippen molar-refractivity contribution in [2.45, 2.75) is 63.6 Å². The number of carbonyl (C=O) groups excluding carboxylic acids is 4. The van der Waals surface area contributed by atoms with Gasteiger partial charge in [-0.3, -0.25) is 29.4 Å². The van der Waals surface area contributed by atoms with Crippen molar-refractivity contribution in [1.82, 2.24) is 25.1 Å². The number of imide groups is 1. The van der Waals surface area contributed by atoms with Gasteiger partial charge >= 0.3 is 0 Å². The minimum atomic E-state index is -0.772. The first-order valence-electron chi connectivity index (χ1n) is 16.3. The van der Waals surface area contributed by atoms with Gasteiger partial charge < -0.3 is 15.2 Å². The summed E-state index contributed by atoms with van der Waals surface area (Å²) < 4.78 is 14.4. The number of benzene rings is 2. The molecule has 0 bridgehead atoms. The minimum Gasteiger partial charge on any atom is -0.357 e. The number of unbranched alkanes of at least 4 members (excludes halogenated alkanes) is 1. The molecule has 3 aliphatic heterocycles. The number of piperidine rings is 1. The molecular weight excluding hydrogens is 611 g/mol. The summed E-state index contributed by atoms with van der Waals surface area (Å²) >= 11 is 0. The maximum Gasteiger partial charge on any atom is 0.256 e. The summed E-state index contributed by atoms with van der Waals surface area (Å²) in [5.41, 5.74) is 4.92. The molecule has 2 saturated heterocycles. The van der Waals surface area contributed by atoms with Gasteiger partial charge in [0.25, 0.3) is 11.8 Å². The number of rotatable bonds is 7. The van der Waals surface area contributed by atoms with Crippen LogP contribution in [0, 0.1) is 17.7 Å². The Kier molecular flexibility index (Phi) is 8.50. The molecule has 5 heterocycles. The first-order chi connectivity index (χ1) is 23.2. The van der Waals surface area contributed by atoms with E-state index in [2.05, 4.69) is 50.5 Å². The third-order valence-corrected chi connectivity index (χ3v) is 9.47. The van der Waals surface area contributed by atoms with Crippen LogP contribution in [-0.2, 0) is 22.6 Å². The van der Waals surface area contributed by atoms with Gasteiger partial charge in [-0.2, -0.15) is 0 Å². The Morgan fingerprint density at radius 2 is 1.92 bits per heavy atom. The van der Waals surface area contributed by atoms with Gasteiger partial charge in [0.2, 0.25) is 11.8 Å². The molecule has 244 valence electrons. The van der Waals surface area contributed by atoms with Crippen molar-refractivity contribution in [2.75, 3.05) is 18.9 Å². The van der Waals surface area contributed by atoms with E-state index in [4.69, 9.17) is 0 Å². The van der Waals surface area contributed by atoms with Gasteiger partial charge in [0.15, 0.2) is 0 Å². The van der Waals surface area contributed by atoms with Crippen LogP contribution in [-0.4, -0.2) is 63.0 Å². The molecule has 11 heteroatoms. The van der Waals surface area contributed by atoms with Crippen LogP contribution in [0.1, 0.15) is 87.7 Å². The summed E-state index contributed by atoms with van der Waals surface area (Å²) in [5.74, 6) is 4.49. The van der Waals surface area contributed by atoms with Crippen molar-refractivity contribution < 1.29 is 23.6 Å². The van der Waals surface area contributed by atoms with Crippen LogP contribution in [0.4, 0.5) is 10.2 Å². The number of likely N-dealkylation sites (tertiary alicyclic amines) is 1. The predicted octanol–water partition coefficient (Wildman–Crippen LogP) is 4.86. The average Bonchev–Trinajstić information content (AvgIpc) is 3.77. The van der Waals surface area contributed by atoms with E-state index in [9.17, 15) is 23.6 Å². The second-order valence-corrected chi connectivity index (χ2v) is 12.7. The lowest BCUT2D eigenvalue weighted by atomic mass is 10.0. The molecule has 4 amide bonds. The molecule has 0 radical (unpaired) electrons. The topological polar surface area (TPSA) is 128 Å². The molecule has 2 aromatic carbocycles. The maximum atomic E-state index is 14.4. The normalized spacial score (nSPS) is 19.3. The molecule has 4 aromatic rings. The number of nitrogens with zero attached hydrogens (tertiary/aromatic N) is 3. The van der Waals surface area contributed by atoms with Gasteiger partial charge in [0.05, 0.1) is 5.52 Å². The molecule has 48 heavy (non-hydrogen) atoms. The first-order valence-corrected chi connectivity index (χ1v) is 16.3. The van der Waals surface area contributed by atoms with E-state index in [1.807, 2.05) is 18.2 Å². The van der Waals surface area contributed by atoms with Crippen molar-refractivity contribution >= 4 is 40.3 Å². The van der Waals surface area contributed by atoms with Crippen molar-refractivity contribution in [2.24, 2.45) is 0 Å². The molecular formula is C37H35FN6O4. The average molecular weight is 647 g/mol. The number of amides is 4. The lowest BCUT2D eigenvalue weighted by molar-refractivity contribution is -0.136. The van der Waals surface area contributed by atoms with Crippen LogP contribution < -0.4 is 10.6 Å². The molecule has 3 aliphatic rings. The number of aromatic nitrogens is 2. The Balaban J connectivity index is 0.930. The summed E-state index contributed by atoms with van der Waals surface area (Å²) in [6.07, 6.45) is 6.50. The zero-order valence-corrected chi connectivity index (χ0v) is 26.6. The molecule has 10 nitrogen and oxygen atoms in total. The van der Waals surface area contributed by atoms with E-state index in [1.165, 1.54) is 29.1 Å². The van der Waals surface area contributed by atoms with Crippen LogP contribution in [0.2, 0.25) is 0 Å². The fourth-order valence-electron chi connectivity index (χ4n) is 6.89. The van der Waals surface area contributed by atoms with Crippen LogP contribution in [0.3, 0.4) is 0 Å².